The lowest BCUT2D eigenvalue weighted by Crippen LogP contribution is -2.24. The number of hydrogen-bond acceptors (Lipinski definition) is 3. The predicted molar refractivity (Wildman–Crippen MR) is 109 cm³/mol. The number of likely N-dealkylation sites (tertiary alicyclic amines) is 1. The van der Waals surface area contributed by atoms with Gasteiger partial charge in [0, 0.05) is 30.8 Å². The summed E-state index contributed by atoms with van der Waals surface area (Å²) in [5.41, 5.74) is 2.93. The van der Waals surface area contributed by atoms with Crippen molar-refractivity contribution < 1.29 is 14.4 Å². The van der Waals surface area contributed by atoms with Crippen molar-refractivity contribution >= 4 is 23.3 Å². The average molecular weight is 378 g/mol. The molecule has 3 rings (SSSR count). The highest BCUT2D eigenvalue weighted by Gasteiger charge is 2.21. The first-order valence-corrected chi connectivity index (χ1v) is 9.57. The number of rotatable bonds is 5. The summed E-state index contributed by atoms with van der Waals surface area (Å²) in [5.74, 6) is -1.08. The number of nitrogens with zero attached hydrogens (tertiary/aromatic N) is 1. The Kier molecular flexibility index (Phi) is 5.63. The van der Waals surface area contributed by atoms with E-state index >= 15 is 0 Å². The van der Waals surface area contributed by atoms with Crippen molar-refractivity contribution in [3.8, 4) is 0 Å². The van der Waals surface area contributed by atoms with Crippen LogP contribution in [0.5, 0.6) is 0 Å². The van der Waals surface area contributed by atoms with Crippen LogP contribution in [0.15, 0.2) is 48.5 Å². The predicted octanol–water partition coefficient (Wildman–Crippen LogP) is 3.93. The summed E-state index contributed by atoms with van der Waals surface area (Å²) in [6.07, 6.45) is 1.48. The highest BCUT2D eigenvalue weighted by molar-refractivity contribution is 6.46. The van der Waals surface area contributed by atoms with Gasteiger partial charge in [-0.05, 0) is 35.1 Å². The molecule has 28 heavy (non-hydrogen) atoms. The van der Waals surface area contributed by atoms with E-state index in [0.717, 1.165) is 24.1 Å². The lowest BCUT2D eigenvalue weighted by atomic mass is 9.86. The molecule has 1 saturated heterocycles. The molecule has 1 N–H and O–H groups in total. The second-order valence-electron chi connectivity index (χ2n) is 8.23. The van der Waals surface area contributed by atoms with Crippen LogP contribution in [0, 0.1) is 0 Å². The zero-order valence-electron chi connectivity index (χ0n) is 16.6. The van der Waals surface area contributed by atoms with Crippen LogP contribution in [0.1, 0.15) is 55.1 Å². The molecule has 0 bridgehead atoms. The van der Waals surface area contributed by atoms with Gasteiger partial charge in [0.05, 0.1) is 0 Å². The first-order chi connectivity index (χ1) is 13.2. The van der Waals surface area contributed by atoms with Crippen LogP contribution in [0.3, 0.4) is 0 Å². The third-order valence-electron chi connectivity index (χ3n) is 4.95. The van der Waals surface area contributed by atoms with Crippen molar-refractivity contribution in [2.75, 3.05) is 11.9 Å². The van der Waals surface area contributed by atoms with E-state index < -0.39 is 11.7 Å². The maximum Gasteiger partial charge on any atom is 0.296 e. The number of carbonyl (C=O) groups excluding carboxylic acids is 3. The molecule has 1 aliphatic rings. The summed E-state index contributed by atoms with van der Waals surface area (Å²) >= 11 is 0. The maximum absolute atomic E-state index is 12.5. The molecule has 1 heterocycles. The van der Waals surface area contributed by atoms with Crippen molar-refractivity contribution in [3.63, 3.8) is 0 Å². The molecule has 5 heteroatoms. The number of hydrogen-bond donors (Lipinski definition) is 1. The van der Waals surface area contributed by atoms with Crippen molar-refractivity contribution in [1.82, 2.24) is 4.90 Å². The summed E-state index contributed by atoms with van der Waals surface area (Å²) in [5, 5.41) is 2.67. The number of amides is 2. The van der Waals surface area contributed by atoms with Crippen molar-refractivity contribution in [2.24, 2.45) is 0 Å². The third-order valence-corrected chi connectivity index (χ3v) is 4.95. The number of carbonyl (C=O) groups is 3. The fourth-order valence-electron chi connectivity index (χ4n) is 3.28. The van der Waals surface area contributed by atoms with E-state index in [9.17, 15) is 14.4 Å². The molecule has 0 aromatic heterocycles. The van der Waals surface area contributed by atoms with Gasteiger partial charge in [0.25, 0.3) is 11.7 Å². The van der Waals surface area contributed by atoms with Crippen molar-refractivity contribution in [2.45, 2.75) is 45.6 Å². The molecule has 2 aromatic carbocycles. The maximum atomic E-state index is 12.5. The van der Waals surface area contributed by atoms with Crippen LogP contribution < -0.4 is 5.32 Å². The quantitative estimate of drug-likeness (QED) is 0.633. The first kappa shape index (κ1) is 19.8. The van der Waals surface area contributed by atoms with Gasteiger partial charge in [-0.1, -0.05) is 57.2 Å². The minimum Gasteiger partial charge on any atom is -0.338 e. The second-order valence-corrected chi connectivity index (χ2v) is 8.23. The topological polar surface area (TPSA) is 66.5 Å². The normalized spacial score (nSPS) is 14.2. The standard InChI is InChI=1S/C23H26N2O3/c1-23(2,3)18-11-9-17(10-12-18)21(27)22(28)24-19-7-4-6-16(14-19)15-25-13-5-8-20(25)26/h4,6-7,9-12,14H,5,8,13,15H2,1-3H3,(H,24,28). The Hall–Kier alpha value is -2.95. The zero-order chi connectivity index (χ0) is 20.3. The number of Topliss-reactive ketones (excluding diaryl/α,β-unsaturated/α-hetero) is 1. The highest BCUT2D eigenvalue weighted by Crippen LogP contribution is 2.22. The number of nitrogens with one attached hydrogen (secondary N) is 1. The Morgan fingerprint density at radius 1 is 1.07 bits per heavy atom. The summed E-state index contributed by atoms with van der Waals surface area (Å²) in [4.78, 5) is 38.4. The molecule has 1 fully saturated rings. The van der Waals surface area contributed by atoms with Crippen molar-refractivity contribution in [3.05, 3.63) is 65.2 Å². The van der Waals surface area contributed by atoms with Crippen LogP contribution in [0.4, 0.5) is 5.69 Å². The Labute approximate surface area is 165 Å². The molecule has 0 aliphatic carbocycles. The lowest BCUT2D eigenvalue weighted by molar-refractivity contribution is -0.128. The lowest BCUT2D eigenvalue weighted by Gasteiger charge is -2.19. The second kappa shape index (κ2) is 7.97. The minimum absolute atomic E-state index is 0.0129. The molecule has 0 unspecified atom stereocenters. The summed E-state index contributed by atoms with van der Waals surface area (Å²) in [6.45, 7) is 7.57. The summed E-state index contributed by atoms with van der Waals surface area (Å²) in [6, 6.07) is 14.4. The minimum atomic E-state index is -0.669. The third kappa shape index (κ3) is 4.66. The van der Waals surface area contributed by atoms with Gasteiger partial charge in [-0.2, -0.15) is 0 Å². The van der Waals surface area contributed by atoms with Crippen LogP contribution in [0.25, 0.3) is 0 Å². The fraction of sp³-hybridized carbons (Fsp3) is 0.348. The first-order valence-electron chi connectivity index (χ1n) is 9.57. The van der Waals surface area contributed by atoms with Crippen molar-refractivity contribution in [1.29, 1.82) is 0 Å². The van der Waals surface area contributed by atoms with Crippen LogP contribution in [-0.2, 0) is 21.5 Å². The smallest absolute Gasteiger partial charge is 0.296 e. The van der Waals surface area contributed by atoms with E-state index in [4.69, 9.17) is 0 Å². The molecule has 0 radical (unpaired) electrons. The van der Waals surface area contributed by atoms with Gasteiger partial charge in [-0.3, -0.25) is 14.4 Å². The van der Waals surface area contributed by atoms with Gasteiger partial charge >= 0.3 is 0 Å². The molecule has 5 nitrogen and oxygen atoms in total. The van der Waals surface area contributed by atoms with E-state index in [-0.39, 0.29) is 11.3 Å². The van der Waals surface area contributed by atoms with E-state index in [1.807, 2.05) is 29.2 Å². The summed E-state index contributed by atoms with van der Waals surface area (Å²) in [7, 11) is 0. The summed E-state index contributed by atoms with van der Waals surface area (Å²) < 4.78 is 0. The molecule has 1 aliphatic heterocycles. The molecular weight excluding hydrogens is 352 g/mol. The van der Waals surface area contributed by atoms with E-state index in [1.54, 1.807) is 24.3 Å². The van der Waals surface area contributed by atoms with Crippen LogP contribution in [0.2, 0.25) is 0 Å². The fourth-order valence-corrected chi connectivity index (χ4v) is 3.28. The van der Waals surface area contributed by atoms with Gasteiger partial charge in [0.2, 0.25) is 5.91 Å². The monoisotopic (exact) mass is 378 g/mol. The number of anilines is 1. The Bertz CT molecular complexity index is 895. The Balaban J connectivity index is 1.66. The average Bonchev–Trinajstić information content (AvgIpc) is 3.05. The molecule has 0 atom stereocenters. The molecule has 2 aromatic rings. The van der Waals surface area contributed by atoms with E-state index in [0.29, 0.717) is 24.2 Å². The van der Waals surface area contributed by atoms with E-state index in [2.05, 4.69) is 26.1 Å². The number of benzene rings is 2. The van der Waals surface area contributed by atoms with E-state index in [1.165, 1.54) is 0 Å². The molecule has 0 spiro atoms. The Morgan fingerprint density at radius 2 is 1.79 bits per heavy atom. The molecular formula is C23H26N2O3. The molecule has 2 amide bonds. The largest absolute Gasteiger partial charge is 0.338 e. The van der Waals surface area contributed by atoms with Crippen LogP contribution >= 0.6 is 0 Å². The molecule has 0 saturated carbocycles. The number of ketones is 1. The highest BCUT2D eigenvalue weighted by atomic mass is 16.2. The zero-order valence-corrected chi connectivity index (χ0v) is 16.6. The van der Waals surface area contributed by atoms with Gasteiger partial charge in [0.1, 0.15) is 0 Å². The van der Waals surface area contributed by atoms with Gasteiger partial charge in [-0.15, -0.1) is 0 Å². The Morgan fingerprint density at radius 3 is 2.39 bits per heavy atom. The van der Waals surface area contributed by atoms with Gasteiger partial charge < -0.3 is 10.2 Å². The SMILES string of the molecule is CC(C)(C)c1ccc(C(=O)C(=O)Nc2cccc(CN3CCCC3=O)c2)cc1. The van der Waals surface area contributed by atoms with Gasteiger partial charge in [0.15, 0.2) is 0 Å². The van der Waals surface area contributed by atoms with Gasteiger partial charge in [-0.25, -0.2) is 0 Å². The molecule has 146 valence electrons. The van der Waals surface area contributed by atoms with Crippen LogP contribution in [-0.4, -0.2) is 29.0 Å².